The number of unbranched alkanes of at least 4 members (excludes halogenated alkanes) is 11. The summed E-state index contributed by atoms with van der Waals surface area (Å²) in [7, 11) is 0. The topological polar surface area (TPSA) is 42.2 Å². The maximum absolute atomic E-state index is 14.2. The molecule has 47 heavy (non-hydrogen) atoms. The highest BCUT2D eigenvalue weighted by Gasteiger charge is 2.38. The zero-order valence-electron chi connectivity index (χ0n) is 28.2. The number of nitrogens with zero attached hydrogens (tertiary/aromatic N) is 1. The molecular formula is C43H52FNO2. The largest absolute Gasteiger partial charge is 0.371 e. The second kappa shape index (κ2) is 20.5. The Bertz CT molecular complexity index is 1360. The molecule has 0 bridgehead atoms. The van der Waals surface area contributed by atoms with Crippen LogP contribution < -0.4 is 0 Å². The van der Waals surface area contributed by atoms with Gasteiger partial charge in [0.2, 0.25) is 0 Å². The van der Waals surface area contributed by atoms with Gasteiger partial charge in [-0.3, -0.25) is 0 Å². The fourth-order valence-electron chi connectivity index (χ4n) is 6.43. The van der Waals surface area contributed by atoms with Crippen molar-refractivity contribution in [2.75, 3.05) is 6.61 Å². The van der Waals surface area contributed by atoms with Gasteiger partial charge in [0, 0.05) is 0 Å². The van der Waals surface area contributed by atoms with Gasteiger partial charge in [-0.05, 0) is 46.9 Å². The summed E-state index contributed by atoms with van der Waals surface area (Å²) in [6, 6.07) is 37.6. The van der Waals surface area contributed by atoms with Crippen molar-refractivity contribution in [1.29, 1.82) is 5.26 Å². The molecule has 0 spiro atoms. The predicted octanol–water partition coefficient (Wildman–Crippen LogP) is 11.7. The summed E-state index contributed by atoms with van der Waals surface area (Å²) in [5.74, 6) is -0.423. The van der Waals surface area contributed by atoms with E-state index in [1.165, 1.54) is 76.3 Å². The molecule has 0 radical (unpaired) electrons. The molecule has 0 heterocycles. The lowest BCUT2D eigenvalue weighted by molar-refractivity contribution is -0.0731. The minimum atomic E-state index is -0.839. The predicted molar refractivity (Wildman–Crippen MR) is 191 cm³/mol. The minimum absolute atomic E-state index is 0.206. The average molecular weight is 634 g/mol. The third-order valence-corrected chi connectivity index (χ3v) is 8.98. The van der Waals surface area contributed by atoms with Crippen molar-refractivity contribution in [3.8, 4) is 6.07 Å². The van der Waals surface area contributed by atoms with Crippen LogP contribution in [0.2, 0.25) is 0 Å². The number of rotatable bonds is 22. The molecule has 248 valence electrons. The Morgan fingerprint density at radius 3 is 1.57 bits per heavy atom. The van der Waals surface area contributed by atoms with Gasteiger partial charge in [0.15, 0.2) is 0 Å². The first kappa shape index (κ1) is 36.1. The van der Waals surface area contributed by atoms with E-state index in [-0.39, 0.29) is 12.7 Å². The molecule has 0 fully saturated rings. The molecule has 0 saturated carbocycles. The van der Waals surface area contributed by atoms with Gasteiger partial charge in [0.1, 0.15) is 11.4 Å². The molecule has 0 unspecified atom stereocenters. The second-order valence-corrected chi connectivity index (χ2v) is 12.7. The van der Waals surface area contributed by atoms with Crippen LogP contribution in [-0.4, -0.2) is 12.7 Å². The van der Waals surface area contributed by atoms with Crippen LogP contribution in [0.15, 0.2) is 109 Å². The Morgan fingerprint density at radius 2 is 1.11 bits per heavy atom. The van der Waals surface area contributed by atoms with Crippen molar-refractivity contribution in [2.24, 2.45) is 0 Å². The maximum atomic E-state index is 14.2. The summed E-state index contributed by atoms with van der Waals surface area (Å²) >= 11 is 0. The van der Waals surface area contributed by atoms with E-state index < -0.39 is 11.4 Å². The fourth-order valence-corrected chi connectivity index (χ4v) is 6.43. The van der Waals surface area contributed by atoms with Gasteiger partial charge in [0.05, 0.1) is 31.0 Å². The zero-order valence-corrected chi connectivity index (χ0v) is 28.2. The van der Waals surface area contributed by atoms with Crippen LogP contribution in [0.5, 0.6) is 0 Å². The highest BCUT2D eigenvalue weighted by molar-refractivity contribution is 5.47. The number of halogens is 1. The lowest BCUT2D eigenvalue weighted by Gasteiger charge is -2.37. The molecule has 4 aromatic rings. The first-order chi connectivity index (χ1) is 23.2. The highest BCUT2D eigenvalue weighted by Crippen LogP contribution is 2.40. The van der Waals surface area contributed by atoms with Crippen LogP contribution in [0.25, 0.3) is 0 Å². The van der Waals surface area contributed by atoms with Gasteiger partial charge >= 0.3 is 0 Å². The number of hydrogen-bond acceptors (Lipinski definition) is 3. The normalized spacial score (nSPS) is 12.1. The Hall–Kier alpha value is -3.78. The van der Waals surface area contributed by atoms with Gasteiger partial charge in [-0.25, -0.2) is 4.39 Å². The van der Waals surface area contributed by atoms with Crippen molar-refractivity contribution in [2.45, 2.75) is 109 Å². The van der Waals surface area contributed by atoms with E-state index in [0.29, 0.717) is 17.7 Å². The van der Waals surface area contributed by atoms with Gasteiger partial charge in [-0.15, -0.1) is 0 Å². The summed E-state index contributed by atoms with van der Waals surface area (Å²) in [6.07, 6.45) is 16.1. The maximum Gasteiger partial charge on any atom is 0.143 e. The Balaban J connectivity index is 1.45. The van der Waals surface area contributed by atoms with E-state index in [1.54, 1.807) is 6.07 Å². The highest BCUT2D eigenvalue weighted by atomic mass is 19.1. The van der Waals surface area contributed by atoms with Crippen molar-refractivity contribution < 1.29 is 13.9 Å². The molecule has 3 nitrogen and oxygen atoms in total. The molecule has 0 saturated heterocycles. The molecule has 4 rings (SSSR count). The Kier molecular flexibility index (Phi) is 15.7. The Morgan fingerprint density at radius 1 is 0.638 bits per heavy atom. The SMILES string of the molecule is CCCCCCCCCCCCCC[C@@H](COC(c1ccccc1)(c1ccccc1)c1ccccc1)OCc1cc(F)cc(C#N)c1. The molecule has 0 N–H and O–H groups in total. The third-order valence-electron chi connectivity index (χ3n) is 8.98. The number of hydrogen-bond donors (Lipinski definition) is 0. The average Bonchev–Trinajstić information content (AvgIpc) is 3.12. The molecule has 0 aromatic heterocycles. The van der Waals surface area contributed by atoms with Crippen LogP contribution in [0.3, 0.4) is 0 Å². The summed E-state index contributed by atoms with van der Waals surface area (Å²) in [5.41, 5.74) is 3.26. The van der Waals surface area contributed by atoms with Crippen LogP contribution in [0.1, 0.15) is 118 Å². The first-order valence-electron chi connectivity index (χ1n) is 17.8. The molecule has 4 heteroatoms. The van der Waals surface area contributed by atoms with Crippen molar-refractivity contribution >= 4 is 0 Å². The van der Waals surface area contributed by atoms with Crippen LogP contribution in [-0.2, 0) is 21.7 Å². The van der Waals surface area contributed by atoms with E-state index >= 15 is 0 Å². The van der Waals surface area contributed by atoms with Gasteiger partial charge < -0.3 is 9.47 Å². The molecule has 4 aromatic carbocycles. The minimum Gasteiger partial charge on any atom is -0.371 e. The first-order valence-corrected chi connectivity index (χ1v) is 17.8. The van der Waals surface area contributed by atoms with E-state index in [9.17, 15) is 9.65 Å². The monoisotopic (exact) mass is 633 g/mol. The lowest BCUT2D eigenvalue weighted by Crippen LogP contribution is -2.36. The van der Waals surface area contributed by atoms with E-state index in [1.807, 2.05) is 18.2 Å². The number of benzene rings is 4. The summed E-state index contributed by atoms with van der Waals surface area (Å²) < 4.78 is 27.8. The third kappa shape index (κ3) is 11.5. The van der Waals surface area contributed by atoms with E-state index in [4.69, 9.17) is 9.47 Å². The summed E-state index contributed by atoms with van der Waals surface area (Å²) in [5, 5.41) is 9.36. The van der Waals surface area contributed by atoms with Gasteiger partial charge in [-0.1, -0.05) is 175 Å². The molecular weight excluding hydrogens is 581 g/mol. The molecule has 0 aliphatic rings. The van der Waals surface area contributed by atoms with Gasteiger partial charge in [-0.2, -0.15) is 5.26 Å². The van der Waals surface area contributed by atoms with Crippen LogP contribution >= 0.6 is 0 Å². The van der Waals surface area contributed by atoms with Crippen molar-refractivity contribution in [3.63, 3.8) is 0 Å². The van der Waals surface area contributed by atoms with Crippen LogP contribution in [0, 0.1) is 17.1 Å². The van der Waals surface area contributed by atoms with Crippen LogP contribution in [0.4, 0.5) is 4.39 Å². The molecule has 0 amide bonds. The van der Waals surface area contributed by atoms with Crippen molar-refractivity contribution in [1.82, 2.24) is 0 Å². The number of nitriles is 1. The standard InChI is InChI=1S/C43H52FNO2/c1-2-3-4-5-6-7-8-9-10-11-12-22-29-42(46-34-37-30-36(33-45)31-41(44)32-37)35-47-43(38-23-16-13-17-24-38,39-25-18-14-19-26-39)40-27-20-15-21-28-40/h13-21,23-28,30-32,42H,2-12,22,29,34-35H2,1H3/t42-/m0/s1. The lowest BCUT2D eigenvalue weighted by atomic mass is 9.80. The molecule has 0 aliphatic heterocycles. The summed E-state index contributed by atoms with van der Waals surface area (Å²) in [4.78, 5) is 0. The zero-order chi connectivity index (χ0) is 33.0. The summed E-state index contributed by atoms with van der Waals surface area (Å²) in [6.45, 7) is 2.84. The number of ether oxygens (including phenoxy) is 2. The molecule has 0 aliphatic carbocycles. The van der Waals surface area contributed by atoms with Gasteiger partial charge in [0.25, 0.3) is 0 Å². The Labute approximate surface area is 282 Å². The van der Waals surface area contributed by atoms with Crippen molar-refractivity contribution in [3.05, 3.63) is 143 Å². The second-order valence-electron chi connectivity index (χ2n) is 12.7. The molecule has 1 atom stereocenters. The van der Waals surface area contributed by atoms with E-state index in [2.05, 4.69) is 85.8 Å². The van der Waals surface area contributed by atoms with E-state index in [0.717, 1.165) is 36.0 Å². The fraction of sp³-hybridized carbons (Fsp3) is 0.419. The smallest absolute Gasteiger partial charge is 0.143 e. The quantitative estimate of drug-likeness (QED) is 0.0639.